The van der Waals surface area contributed by atoms with Crippen LogP contribution in [0.15, 0.2) is 309 Å². The Morgan fingerprint density at radius 1 is 0.207 bits per heavy atom. The first-order valence-corrected chi connectivity index (χ1v) is 35.8. The van der Waals surface area contributed by atoms with Gasteiger partial charge in [-0.3, -0.25) is 0 Å². The van der Waals surface area contributed by atoms with E-state index in [0.29, 0.717) is 0 Å². The molecule has 82 heavy (non-hydrogen) atoms. The molecular formula is C72H51N4P3S3. The van der Waals surface area contributed by atoms with E-state index in [1.165, 1.54) is 0 Å². The van der Waals surface area contributed by atoms with Crippen LogP contribution in [0.2, 0.25) is 0 Å². The fraction of sp³-hybridized carbons (Fsp3) is 0. The third-order valence-electron chi connectivity index (χ3n) is 16.1. The highest BCUT2D eigenvalue weighted by Crippen LogP contribution is 2.67. The Hall–Kier alpha value is -8.21. The van der Waals surface area contributed by atoms with Crippen LogP contribution in [0.5, 0.6) is 0 Å². The van der Waals surface area contributed by atoms with Gasteiger partial charge >= 0.3 is 0 Å². The van der Waals surface area contributed by atoms with Gasteiger partial charge in [0.25, 0.3) is 0 Å². The summed E-state index contributed by atoms with van der Waals surface area (Å²) in [6.07, 6.45) is 0. The molecule has 3 aliphatic rings. The lowest BCUT2D eigenvalue weighted by molar-refractivity contribution is 1.26. The summed E-state index contributed by atoms with van der Waals surface area (Å²) in [6, 6.07) is 102. The van der Waals surface area contributed by atoms with Crippen LogP contribution in [0, 0.1) is 0 Å². The third kappa shape index (κ3) is 7.87. The topological polar surface area (TPSA) is 13.0 Å². The van der Waals surface area contributed by atoms with Crippen LogP contribution in [0.1, 0.15) is 0 Å². The lowest BCUT2D eigenvalue weighted by Gasteiger charge is -2.53. The van der Waals surface area contributed by atoms with Crippen molar-refractivity contribution in [3.63, 3.8) is 0 Å². The second-order valence-corrected chi connectivity index (χ2v) is 33.7. The normalized spacial score (nSPS) is 17.8. The van der Waals surface area contributed by atoms with E-state index in [4.69, 9.17) is 35.4 Å². The maximum Gasteiger partial charge on any atom is 0.0645 e. The molecule has 10 heteroatoms. The molecule has 0 unspecified atom stereocenters. The van der Waals surface area contributed by atoms with E-state index >= 15 is 0 Å². The molecule has 0 radical (unpaired) electrons. The van der Waals surface area contributed by atoms with E-state index < -0.39 is 18.1 Å². The minimum atomic E-state index is -3.13. The molecule has 0 spiro atoms. The molecule has 4 nitrogen and oxygen atoms in total. The highest BCUT2D eigenvalue weighted by molar-refractivity contribution is 8.28. The van der Waals surface area contributed by atoms with Gasteiger partial charge in [0.15, 0.2) is 0 Å². The van der Waals surface area contributed by atoms with Crippen LogP contribution in [-0.2, 0) is 35.4 Å². The van der Waals surface area contributed by atoms with Crippen LogP contribution >= 0.6 is 18.1 Å². The molecule has 0 bridgehead atoms. The van der Waals surface area contributed by atoms with Crippen molar-refractivity contribution in [3.05, 3.63) is 309 Å². The predicted octanol–water partition coefficient (Wildman–Crippen LogP) is 15.8. The van der Waals surface area contributed by atoms with Gasteiger partial charge in [-0.15, -0.1) is 0 Å². The van der Waals surface area contributed by atoms with Gasteiger partial charge in [-0.25, -0.2) is 0 Å². The first-order chi connectivity index (χ1) is 40.3. The lowest BCUT2D eigenvalue weighted by atomic mass is 10.1. The monoisotopic (exact) mass is 1160 g/mol. The molecule has 0 atom stereocenters. The van der Waals surface area contributed by atoms with Crippen LogP contribution in [0.4, 0.5) is 68.2 Å². The molecule has 3 aliphatic heterocycles. The Balaban J connectivity index is 1.17. The Labute approximate surface area is 494 Å². The van der Waals surface area contributed by atoms with Gasteiger partial charge in [0, 0.05) is 101 Å². The van der Waals surface area contributed by atoms with Crippen LogP contribution in [0.3, 0.4) is 0 Å². The zero-order chi connectivity index (χ0) is 55.0. The average molecular weight is 1160 g/mol. The zero-order valence-corrected chi connectivity index (χ0v) is 49.4. The van der Waals surface area contributed by atoms with Gasteiger partial charge < -0.3 is 19.6 Å². The van der Waals surface area contributed by atoms with E-state index in [-0.39, 0.29) is 0 Å². The Bertz CT molecular complexity index is 3870. The average Bonchev–Trinajstić information content (AvgIpc) is 1.12. The fourth-order valence-electron chi connectivity index (χ4n) is 12.6. The number of nitrogens with zero attached hydrogens (tertiary/aromatic N) is 4. The summed E-state index contributed by atoms with van der Waals surface area (Å²) in [6.45, 7) is 0. The van der Waals surface area contributed by atoms with E-state index in [2.05, 4.69) is 329 Å². The Kier molecular flexibility index (Phi) is 12.6. The van der Waals surface area contributed by atoms with E-state index in [1.807, 2.05) is 0 Å². The minimum Gasteiger partial charge on any atom is -0.310 e. The smallest absolute Gasteiger partial charge is 0.0645 e. The summed E-state index contributed by atoms with van der Waals surface area (Å²) in [5.41, 5.74) is 12.5. The number of para-hydroxylation sites is 6. The first kappa shape index (κ1) is 50.7. The molecular weight excluding hydrogens is 1110 g/mol. The van der Waals surface area contributed by atoms with E-state index in [0.717, 1.165) is 116 Å². The maximum atomic E-state index is 7.90. The molecule has 0 N–H and O–H groups in total. The van der Waals surface area contributed by atoms with Gasteiger partial charge in [-0.1, -0.05) is 236 Å². The van der Waals surface area contributed by atoms with Crippen LogP contribution in [-0.4, -0.2) is 0 Å². The summed E-state index contributed by atoms with van der Waals surface area (Å²) >= 11 is 23.7. The molecule has 3 heterocycles. The molecule has 12 aromatic rings. The second kappa shape index (κ2) is 20.3. The molecule has 15 rings (SSSR count). The number of hydrogen-bond donors (Lipinski definition) is 0. The minimum absolute atomic E-state index is 0.998. The van der Waals surface area contributed by atoms with Crippen molar-refractivity contribution in [2.24, 2.45) is 0 Å². The van der Waals surface area contributed by atoms with E-state index in [1.54, 1.807) is 0 Å². The zero-order valence-electron chi connectivity index (χ0n) is 44.3. The van der Waals surface area contributed by atoms with Crippen LogP contribution < -0.4 is 67.3 Å². The first-order valence-electron chi connectivity index (χ1n) is 27.4. The van der Waals surface area contributed by atoms with Gasteiger partial charge in [0.2, 0.25) is 0 Å². The SMILES string of the molecule is S=P1(c2ccccc2)c2cc(N(c3ccccc3)c3ccccc3)cc3c2N2c4c1cc(N(c1ccccc1)c1ccccc1)cc4P(=S)(c1ccccc1)c1cc(N(c4ccccc4)c4ccccc4)cc(c12)P3(=S)c1ccccc1. The van der Waals surface area contributed by atoms with E-state index in [9.17, 15) is 0 Å². The van der Waals surface area contributed by atoms with Crippen molar-refractivity contribution in [1.29, 1.82) is 0 Å². The third-order valence-corrected chi connectivity index (χ3v) is 30.7. The Morgan fingerprint density at radius 2 is 0.366 bits per heavy atom. The largest absolute Gasteiger partial charge is 0.310 e. The summed E-state index contributed by atoms with van der Waals surface area (Å²) < 4.78 is 0. The molecule has 0 aliphatic carbocycles. The quantitative estimate of drug-likeness (QED) is 0.112. The molecule has 0 saturated heterocycles. The molecule has 392 valence electrons. The van der Waals surface area contributed by atoms with Crippen molar-refractivity contribution < 1.29 is 0 Å². The van der Waals surface area contributed by atoms with Gasteiger partial charge in [0.05, 0.1) is 17.1 Å². The standard InChI is InChI=1S/C72H51N4P3S3/c80-77(61-40-22-7-23-41-61)64-46-58(73(52-28-10-1-11-29-52)53-30-12-2-13-31-53)47-65-70(64)76-71-66(77)48-59(74(54-32-14-3-15-33-54)55-34-16-4-17-35-55)50-68(71)79(82,63-44-26-9-27-45-63)69-51-60(49-67(72(69)76)78(65,81)62-42-24-8-25-43-62)75(56-36-18-5-19-37-56)57-38-20-6-21-39-57/h1-51H. The van der Waals surface area contributed by atoms with Gasteiger partial charge in [-0.05, 0) is 125 Å². The molecule has 0 aromatic heterocycles. The summed E-state index contributed by atoms with van der Waals surface area (Å²) in [5, 5.41) is 9.96. The molecule has 12 aromatic carbocycles. The van der Waals surface area contributed by atoms with Crippen molar-refractivity contribution in [3.8, 4) is 0 Å². The summed E-state index contributed by atoms with van der Waals surface area (Å²) in [7, 11) is 0. The summed E-state index contributed by atoms with van der Waals surface area (Å²) in [4.78, 5) is 9.80. The van der Waals surface area contributed by atoms with Crippen molar-refractivity contribution >= 4 is 170 Å². The van der Waals surface area contributed by atoms with Crippen molar-refractivity contribution in [1.82, 2.24) is 0 Å². The second-order valence-electron chi connectivity index (χ2n) is 20.7. The number of rotatable bonds is 12. The summed E-state index contributed by atoms with van der Waals surface area (Å²) in [5.74, 6) is 0. The van der Waals surface area contributed by atoms with Gasteiger partial charge in [-0.2, -0.15) is 0 Å². The predicted molar refractivity (Wildman–Crippen MR) is 364 cm³/mol. The number of anilines is 12. The highest BCUT2D eigenvalue weighted by atomic mass is 32.4. The molecule has 0 amide bonds. The van der Waals surface area contributed by atoms with Crippen molar-refractivity contribution in [2.45, 2.75) is 0 Å². The lowest BCUT2D eigenvalue weighted by Crippen LogP contribution is -2.53. The Morgan fingerprint density at radius 3 is 0.537 bits per heavy atom. The van der Waals surface area contributed by atoms with Crippen LogP contribution in [0.25, 0.3) is 0 Å². The van der Waals surface area contributed by atoms with Crippen molar-refractivity contribution in [2.75, 3.05) is 19.6 Å². The molecule has 0 fully saturated rings. The highest BCUT2D eigenvalue weighted by Gasteiger charge is 2.54. The van der Waals surface area contributed by atoms with Gasteiger partial charge in [0.1, 0.15) is 0 Å². The molecule has 0 saturated carbocycles. The number of hydrogen-bond acceptors (Lipinski definition) is 7. The fourth-order valence-corrected chi connectivity index (χ4v) is 25.6. The maximum absolute atomic E-state index is 7.90. The number of benzene rings is 12.